The van der Waals surface area contributed by atoms with E-state index in [9.17, 15) is 4.79 Å². The molecule has 0 aliphatic carbocycles. The van der Waals surface area contributed by atoms with Crippen LogP contribution < -0.4 is 0 Å². The number of carbonyl (C=O) groups is 1. The molecule has 0 rings (SSSR count). The van der Waals surface area contributed by atoms with E-state index in [2.05, 4.69) is 4.74 Å². The number of rotatable bonds is 17. The minimum atomic E-state index is 0.530. The van der Waals surface area contributed by atoms with E-state index in [0.717, 1.165) is 13.0 Å². The van der Waals surface area contributed by atoms with Crippen molar-refractivity contribution in [3.05, 3.63) is 0 Å². The van der Waals surface area contributed by atoms with E-state index in [1.807, 2.05) is 0 Å². The molecule has 0 aromatic heterocycles. The lowest BCUT2D eigenvalue weighted by Gasteiger charge is -2.04. The summed E-state index contributed by atoms with van der Waals surface area (Å²) in [4.78, 5) is 9.92. The highest BCUT2D eigenvalue weighted by Crippen LogP contribution is 2.10. The molecule has 120 valence electrons. The first-order chi connectivity index (χ1) is 9.91. The second kappa shape index (κ2) is 18.4. The summed E-state index contributed by atoms with van der Waals surface area (Å²) in [6.07, 6.45) is 12.5. The molecule has 0 fully saturated rings. The molecule has 0 unspecified atom stereocenters. The summed E-state index contributed by atoms with van der Waals surface area (Å²) in [6.45, 7) is 3.39. The molecule has 0 bridgehead atoms. The highest BCUT2D eigenvalue weighted by Gasteiger charge is 1.94. The molecular formula is C16H32O4. The van der Waals surface area contributed by atoms with Crippen molar-refractivity contribution in [3.8, 4) is 0 Å². The van der Waals surface area contributed by atoms with E-state index in [1.165, 1.54) is 57.8 Å². The first-order valence-corrected chi connectivity index (χ1v) is 8.03. The number of hydrogen-bond donors (Lipinski definition) is 0. The first-order valence-electron chi connectivity index (χ1n) is 8.03. The van der Waals surface area contributed by atoms with Crippen LogP contribution in [-0.2, 0) is 19.0 Å². The van der Waals surface area contributed by atoms with Gasteiger partial charge in [0.05, 0.1) is 19.8 Å². The monoisotopic (exact) mass is 288 g/mol. The molecule has 0 aliphatic heterocycles. The van der Waals surface area contributed by atoms with Crippen molar-refractivity contribution in [3.63, 3.8) is 0 Å². The average molecular weight is 288 g/mol. The zero-order chi connectivity index (χ0) is 14.7. The average Bonchev–Trinajstić information content (AvgIpc) is 2.47. The van der Waals surface area contributed by atoms with Crippen LogP contribution in [0.1, 0.15) is 64.2 Å². The van der Waals surface area contributed by atoms with Gasteiger partial charge in [0.15, 0.2) is 0 Å². The smallest absolute Gasteiger partial charge is 0.293 e. The third-order valence-corrected chi connectivity index (χ3v) is 3.30. The highest BCUT2D eigenvalue weighted by atomic mass is 16.5. The normalized spacial score (nSPS) is 10.7. The summed E-state index contributed by atoms with van der Waals surface area (Å²) in [5, 5.41) is 0. The van der Waals surface area contributed by atoms with Gasteiger partial charge in [-0.25, -0.2) is 0 Å². The molecule has 0 heterocycles. The van der Waals surface area contributed by atoms with Crippen LogP contribution in [-0.4, -0.2) is 40.0 Å². The molecule has 20 heavy (non-hydrogen) atoms. The van der Waals surface area contributed by atoms with Gasteiger partial charge in [-0.05, 0) is 12.8 Å². The second-order valence-corrected chi connectivity index (χ2v) is 5.11. The molecule has 4 heteroatoms. The molecule has 4 nitrogen and oxygen atoms in total. The third kappa shape index (κ3) is 17.4. The van der Waals surface area contributed by atoms with Crippen LogP contribution >= 0.6 is 0 Å². The molecule has 0 aliphatic rings. The van der Waals surface area contributed by atoms with Gasteiger partial charge in [0, 0.05) is 13.7 Å². The predicted molar refractivity (Wildman–Crippen MR) is 80.9 cm³/mol. The molecule has 0 spiro atoms. The summed E-state index contributed by atoms with van der Waals surface area (Å²) in [6, 6.07) is 0. The fourth-order valence-electron chi connectivity index (χ4n) is 2.10. The van der Waals surface area contributed by atoms with Crippen molar-refractivity contribution in [1.82, 2.24) is 0 Å². The van der Waals surface area contributed by atoms with Crippen LogP contribution in [0.2, 0.25) is 0 Å². The zero-order valence-corrected chi connectivity index (χ0v) is 13.1. The van der Waals surface area contributed by atoms with Crippen LogP contribution in [0.3, 0.4) is 0 Å². The number of methoxy groups -OCH3 is 1. The van der Waals surface area contributed by atoms with Gasteiger partial charge >= 0.3 is 0 Å². The first kappa shape index (κ1) is 19.4. The molecule has 0 N–H and O–H groups in total. The predicted octanol–water partition coefficient (Wildman–Crippen LogP) is 3.72. The van der Waals surface area contributed by atoms with Gasteiger partial charge in [0.1, 0.15) is 0 Å². The molecule has 0 aromatic carbocycles. The maximum absolute atomic E-state index is 9.92. The van der Waals surface area contributed by atoms with Gasteiger partial charge in [-0.2, -0.15) is 0 Å². The maximum Gasteiger partial charge on any atom is 0.293 e. The van der Waals surface area contributed by atoms with Gasteiger partial charge in [0.2, 0.25) is 0 Å². The number of ether oxygens (including phenoxy) is 3. The van der Waals surface area contributed by atoms with Crippen molar-refractivity contribution in [2.24, 2.45) is 0 Å². The quantitative estimate of drug-likeness (QED) is 0.302. The highest BCUT2D eigenvalue weighted by molar-refractivity contribution is 5.36. The molecule has 0 saturated carbocycles. The largest absolute Gasteiger partial charge is 0.468 e. The van der Waals surface area contributed by atoms with Crippen LogP contribution in [0, 0.1) is 0 Å². The van der Waals surface area contributed by atoms with Crippen LogP contribution in [0.5, 0.6) is 0 Å². The van der Waals surface area contributed by atoms with Crippen molar-refractivity contribution in [2.45, 2.75) is 64.2 Å². The van der Waals surface area contributed by atoms with E-state index in [0.29, 0.717) is 26.3 Å². The molecule has 0 saturated heterocycles. The minimum absolute atomic E-state index is 0.530. The van der Waals surface area contributed by atoms with Gasteiger partial charge < -0.3 is 14.2 Å². The van der Waals surface area contributed by atoms with Crippen molar-refractivity contribution >= 4 is 6.47 Å². The Hall–Kier alpha value is -0.610. The van der Waals surface area contributed by atoms with Crippen LogP contribution in [0.15, 0.2) is 0 Å². The summed E-state index contributed by atoms with van der Waals surface area (Å²) < 4.78 is 15.0. The standard InChI is InChI=1S/C16H32O4/c1-18-14-15-19-12-10-8-6-4-2-3-5-7-9-11-13-20-16-17/h16H,2-15H2,1H3. The van der Waals surface area contributed by atoms with Gasteiger partial charge in [0.25, 0.3) is 6.47 Å². The summed E-state index contributed by atoms with van der Waals surface area (Å²) in [5.41, 5.74) is 0. The van der Waals surface area contributed by atoms with Gasteiger partial charge in [-0.15, -0.1) is 0 Å². The topological polar surface area (TPSA) is 44.8 Å². The Morgan fingerprint density at radius 2 is 1.15 bits per heavy atom. The third-order valence-electron chi connectivity index (χ3n) is 3.30. The van der Waals surface area contributed by atoms with Crippen molar-refractivity contribution < 1.29 is 19.0 Å². The van der Waals surface area contributed by atoms with E-state index in [1.54, 1.807) is 7.11 Å². The Kier molecular flexibility index (Phi) is 17.8. The van der Waals surface area contributed by atoms with Gasteiger partial charge in [-0.3, -0.25) is 4.79 Å². The minimum Gasteiger partial charge on any atom is -0.468 e. The Morgan fingerprint density at radius 3 is 1.65 bits per heavy atom. The van der Waals surface area contributed by atoms with E-state index in [4.69, 9.17) is 9.47 Å². The van der Waals surface area contributed by atoms with Crippen LogP contribution in [0.4, 0.5) is 0 Å². The lowest BCUT2D eigenvalue weighted by Crippen LogP contribution is -2.02. The summed E-state index contributed by atoms with van der Waals surface area (Å²) >= 11 is 0. The second-order valence-electron chi connectivity index (χ2n) is 5.11. The maximum atomic E-state index is 9.92. The summed E-state index contributed by atoms with van der Waals surface area (Å²) in [7, 11) is 1.70. The SMILES string of the molecule is COCCOCCCCCCCCCCCCOC=O. The van der Waals surface area contributed by atoms with Gasteiger partial charge in [-0.1, -0.05) is 51.4 Å². The Bertz CT molecular complexity index is 185. The lowest BCUT2D eigenvalue weighted by molar-refractivity contribution is -0.128. The summed E-state index contributed by atoms with van der Waals surface area (Å²) in [5.74, 6) is 0. The van der Waals surface area contributed by atoms with E-state index >= 15 is 0 Å². The Morgan fingerprint density at radius 1 is 0.650 bits per heavy atom. The zero-order valence-electron chi connectivity index (χ0n) is 13.1. The number of hydrogen-bond acceptors (Lipinski definition) is 4. The number of carbonyl (C=O) groups excluding carboxylic acids is 1. The Balaban J connectivity index is 2.90. The Labute approximate surface area is 124 Å². The van der Waals surface area contributed by atoms with Crippen LogP contribution in [0.25, 0.3) is 0 Å². The molecular weight excluding hydrogens is 256 g/mol. The van der Waals surface area contributed by atoms with E-state index < -0.39 is 0 Å². The van der Waals surface area contributed by atoms with E-state index in [-0.39, 0.29) is 0 Å². The van der Waals surface area contributed by atoms with Crippen molar-refractivity contribution in [1.29, 1.82) is 0 Å². The molecule has 0 atom stereocenters. The van der Waals surface area contributed by atoms with Crippen molar-refractivity contribution in [2.75, 3.05) is 33.5 Å². The fourth-order valence-corrected chi connectivity index (χ4v) is 2.10. The fraction of sp³-hybridized carbons (Fsp3) is 0.938. The molecule has 0 aromatic rings. The molecule has 0 amide bonds. The lowest BCUT2D eigenvalue weighted by atomic mass is 10.1. The number of unbranched alkanes of at least 4 members (excludes halogenated alkanes) is 9. The molecule has 0 radical (unpaired) electrons.